The number of carbonyl (C=O) groups is 2. The topological polar surface area (TPSA) is 55.4 Å². The Morgan fingerprint density at radius 2 is 1.79 bits per heavy atom. The SMILES string of the molecule is COC(=O)[C@@H](Cc1ccc(Cl)cc1Cl)NC(=O)c1ccccc1Cl. The molecule has 0 saturated carbocycles. The molecule has 1 N–H and O–H groups in total. The lowest BCUT2D eigenvalue weighted by atomic mass is 10.1. The van der Waals surface area contributed by atoms with Crippen LogP contribution in [0.15, 0.2) is 42.5 Å². The molecule has 2 aromatic carbocycles. The van der Waals surface area contributed by atoms with Crippen molar-refractivity contribution in [1.29, 1.82) is 0 Å². The fraction of sp³-hybridized carbons (Fsp3) is 0.176. The van der Waals surface area contributed by atoms with Gasteiger partial charge in [0.25, 0.3) is 5.91 Å². The van der Waals surface area contributed by atoms with Crippen molar-refractivity contribution in [2.75, 3.05) is 7.11 Å². The van der Waals surface area contributed by atoms with Crippen molar-refractivity contribution in [2.45, 2.75) is 12.5 Å². The van der Waals surface area contributed by atoms with E-state index in [4.69, 9.17) is 39.5 Å². The smallest absolute Gasteiger partial charge is 0.328 e. The Morgan fingerprint density at radius 1 is 1.08 bits per heavy atom. The minimum Gasteiger partial charge on any atom is -0.467 e. The first kappa shape index (κ1) is 18.6. The Hall–Kier alpha value is -1.75. The molecule has 0 aliphatic heterocycles. The van der Waals surface area contributed by atoms with Crippen LogP contribution >= 0.6 is 34.8 Å². The van der Waals surface area contributed by atoms with E-state index in [0.29, 0.717) is 20.6 Å². The second kappa shape index (κ2) is 8.38. The van der Waals surface area contributed by atoms with Gasteiger partial charge >= 0.3 is 5.97 Å². The number of methoxy groups -OCH3 is 1. The number of ether oxygens (including phenoxy) is 1. The van der Waals surface area contributed by atoms with Crippen molar-refractivity contribution in [2.24, 2.45) is 0 Å². The van der Waals surface area contributed by atoms with E-state index in [1.54, 1.807) is 42.5 Å². The molecule has 0 aliphatic rings. The van der Waals surface area contributed by atoms with Crippen molar-refractivity contribution in [3.8, 4) is 0 Å². The monoisotopic (exact) mass is 385 g/mol. The van der Waals surface area contributed by atoms with Crippen LogP contribution in [-0.2, 0) is 16.0 Å². The average Bonchev–Trinajstić information content (AvgIpc) is 2.56. The highest BCUT2D eigenvalue weighted by atomic mass is 35.5. The highest BCUT2D eigenvalue weighted by molar-refractivity contribution is 6.35. The van der Waals surface area contributed by atoms with Crippen molar-refractivity contribution in [1.82, 2.24) is 5.32 Å². The lowest BCUT2D eigenvalue weighted by Gasteiger charge is -2.18. The molecule has 0 aliphatic carbocycles. The molecule has 0 radical (unpaired) electrons. The largest absolute Gasteiger partial charge is 0.467 e. The fourth-order valence-corrected chi connectivity index (χ4v) is 2.83. The Bertz CT molecular complexity index is 764. The third kappa shape index (κ3) is 4.63. The van der Waals surface area contributed by atoms with Crippen LogP contribution in [0.2, 0.25) is 15.1 Å². The van der Waals surface area contributed by atoms with E-state index < -0.39 is 17.9 Å². The lowest BCUT2D eigenvalue weighted by Crippen LogP contribution is -2.43. The summed E-state index contributed by atoms with van der Waals surface area (Å²) in [6.07, 6.45) is 0.166. The molecular weight excluding hydrogens is 373 g/mol. The van der Waals surface area contributed by atoms with Crippen LogP contribution < -0.4 is 5.32 Å². The van der Waals surface area contributed by atoms with Gasteiger partial charge in [-0.15, -0.1) is 0 Å². The highest BCUT2D eigenvalue weighted by Gasteiger charge is 2.24. The molecule has 0 unspecified atom stereocenters. The predicted molar refractivity (Wildman–Crippen MR) is 94.9 cm³/mol. The summed E-state index contributed by atoms with van der Waals surface area (Å²) >= 11 is 18.0. The summed E-state index contributed by atoms with van der Waals surface area (Å²) in [5, 5.41) is 3.81. The Labute approximate surface area is 154 Å². The van der Waals surface area contributed by atoms with Gasteiger partial charge < -0.3 is 10.1 Å². The summed E-state index contributed by atoms with van der Waals surface area (Å²) in [7, 11) is 1.25. The molecule has 0 fully saturated rings. The number of hydrogen-bond acceptors (Lipinski definition) is 3. The number of hydrogen-bond donors (Lipinski definition) is 1. The molecule has 1 amide bonds. The van der Waals surface area contributed by atoms with E-state index in [0.717, 1.165) is 0 Å². The molecule has 1 atom stereocenters. The summed E-state index contributed by atoms with van der Waals surface area (Å²) in [6, 6.07) is 10.6. The van der Waals surface area contributed by atoms with Gasteiger partial charge in [0.05, 0.1) is 17.7 Å². The first-order valence-electron chi connectivity index (χ1n) is 6.99. The van der Waals surface area contributed by atoms with E-state index in [1.807, 2.05) is 0 Å². The van der Waals surface area contributed by atoms with E-state index in [2.05, 4.69) is 5.32 Å². The summed E-state index contributed by atoms with van der Waals surface area (Å²) in [4.78, 5) is 24.4. The van der Waals surface area contributed by atoms with Gasteiger partial charge in [-0.1, -0.05) is 53.0 Å². The number of nitrogens with one attached hydrogen (secondary N) is 1. The van der Waals surface area contributed by atoms with Crippen LogP contribution in [0.4, 0.5) is 0 Å². The Kier molecular flexibility index (Phi) is 6.49. The summed E-state index contributed by atoms with van der Waals surface area (Å²) in [5.74, 6) is -1.05. The van der Waals surface area contributed by atoms with Crippen LogP contribution in [0.5, 0.6) is 0 Å². The van der Waals surface area contributed by atoms with Gasteiger partial charge in [-0.25, -0.2) is 4.79 Å². The highest BCUT2D eigenvalue weighted by Crippen LogP contribution is 2.23. The second-order valence-electron chi connectivity index (χ2n) is 4.97. The first-order chi connectivity index (χ1) is 11.4. The van der Waals surface area contributed by atoms with Gasteiger partial charge in [0, 0.05) is 16.5 Å². The van der Waals surface area contributed by atoms with Crippen LogP contribution in [0.25, 0.3) is 0 Å². The number of amides is 1. The summed E-state index contributed by atoms with van der Waals surface area (Å²) in [6.45, 7) is 0. The van der Waals surface area contributed by atoms with Crippen molar-refractivity contribution in [3.63, 3.8) is 0 Å². The maximum absolute atomic E-state index is 12.4. The quantitative estimate of drug-likeness (QED) is 0.785. The molecule has 0 spiro atoms. The molecule has 0 aromatic heterocycles. The van der Waals surface area contributed by atoms with Gasteiger partial charge in [0.2, 0.25) is 0 Å². The number of rotatable bonds is 5. The van der Waals surface area contributed by atoms with Gasteiger partial charge in [-0.2, -0.15) is 0 Å². The first-order valence-corrected chi connectivity index (χ1v) is 8.13. The standard InChI is InChI=1S/C17H14Cl3NO3/c1-24-17(23)15(8-10-6-7-11(18)9-14(10)20)21-16(22)12-4-2-3-5-13(12)19/h2-7,9,15H,8H2,1H3,(H,21,22)/t15-/m1/s1. The molecule has 0 saturated heterocycles. The fourth-order valence-electron chi connectivity index (χ4n) is 2.12. The minimum absolute atomic E-state index is 0.166. The van der Waals surface area contributed by atoms with Crippen LogP contribution in [0.1, 0.15) is 15.9 Å². The van der Waals surface area contributed by atoms with Crippen LogP contribution in [-0.4, -0.2) is 25.0 Å². The zero-order valence-electron chi connectivity index (χ0n) is 12.7. The Balaban J connectivity index is 2.21. The zero-order valence-corrected chi connectivity index (χ0v) is 15.0. The average molecular weight is 387 g/mol. The molecule has 126 valence electrons. The maximum Gasteiger partial charge on any atom is 0.328 e. The lowest BCUT2D eigenvalue weighted by molar-refractivity contribution is -0.142. The second-order valence-corrected chi connectivity index (χ2v) is 6.22. The molecule has 2 aromatic rings. The third-order valence-corrected chi connectivity index (χ3v) is 4.27. The van der Waals surface area contributed by atoms with Crippen LogP contribution in [0, 0.1) is 0 Å². The third-order valence-electron chi connectivity index (χ3n) is 3.35. The minimum atomic E-state index is -0.905. The predicted octanol–water partition coefficient (Wildman–Crippen LogP) is 4.16. The van der Waals surface area contributed by atoms with E-state index in [-0.39, 0.29) is 12.0 Å². The van der Waals surface area contributed by atoms with Crippen molar-refractivity contribution in [3.05, 3.63) is 68.7 Å². The molecule has 7 heteroatoms. The Morgan fingerprint density at radius 3 is 2.42 bits per heavy atom. The summed E-state index contributed by atoms with van der Waals surface area (Å²) in [5.41, 5.74) is 0.936. The molecule has 24 heavy (non-hydrogen) atoms. The van der Waals surface area contributed by atoms with Gasteiger partial charge in [0.1, 0.15) is 6.04 Å². The normalized spacial score (nSPS) is 11.7. The maximum atomic E-state index is 12.4. The number of halogens is 3. The van der Waals surface area contributed by atoms with E-state index in [9.17, 15) is 9.59 Å². The zero-order chi connectivity index (χ0) is 17.7. The number of carbonyl (C=O) groups excluding carboxylic acids is 2. The van der Waals surface area contributed by atoms with Crippen molar-refractivity contribution >= 4 is 46.7 Å². The van der Waals surface area contributed by atoms with Crippen LogP contribution in [0.3, 0.4) is 0 Å². The molecule has 4 nitrogen and oxygen atoms in total. The van der Waals surface area contributed by atoms with Gasteiger partial charge in [-0.05, 0) is 29.8 Å². The van der Waals surface area contributed by atoms with Crippen molar-refractivity contribution < 1.29 is 14.3 Å². The molecule has 0 heterocycles. The van der Waals surface area contributed by atoms with E-state index in [1.165, 1.54) is 7.11 Å². The van der Waals surface area contributed by atoms with Gasteiger partial charge in [0.15, 0.2) is 0 Å². The molecule has 2 rings (SSSR count). The van der Waals surface area contributed by atoms with E-state index >= 15 is 0 Å². The molecular formula is C17H14Cl3NO3. The summed E-state index contributed by atoms with van der Waals surface area (Å²) < 4.78 is 4.76. The molecule has 0 bridgehead atoms. The van der Waals surface area contributed by atoms with Gasteiger partial charge in [-0.3, -0.25) is 4.79 Å². The number of esters is 1. The number of benzene rings is 2.